The summed E-state index contributed by atoms with van der Waals surface area (Å²) in [5.74, 6) is -0.471. The Hall–Kier alpha value is -2.68. The van der Waals surface area contributed by atoms with Gasteiger partial charge in [-0.1, -0.05) is 32.1 Å². The van der Waals surface area contributed by atoms with Crippen LogP contribution in [0.4, 0.5) is 5.13 Å². The number of carbonyl (C=O) groups excluding carboxylic acids is 2. The minimum Gasteiger partial charge on any atom is -0.300 e. The molecule has 126 valence electrons. The molecule has 0 fully saturated rings. The van der Waals surface area contributed by atoms with E-state index in [4.69, 9.17) is 0 Å². The highest BCUT2D eigenvalue weighted by molar-refractivity contribution is 7.15. The van der Waals surface area contributed by atoms with Crippen molar-refractivity contribution in [1.29, 1.82) is 0 Å². The SMILES string of the molecule is CC(C)(C)C(=O)Nc1nnc(CC(=O)N/N=C\c2ccncc2)s1. The van der Waals surface area contributed by atoms with Crippen LogP contribution in [0.25, 0.3) is 0 Å². The van der Waals surface area contributed by atoms with Crippen molar-refractivity contribution in [2.24, 2.45) is 10.5 Å². The van der Waals surface area contributed by atoms with Gasteiger partial charge in [0.2, 0.25) is 16.9 Å². The average molecular weight is 346 g/mol. The van der Waals surface area contributed by atoms with E-state index in [2.05, 4.69) is 31.0 Å². The van der Waals surface area contributed by atoms with Gasteiger partial charge < -0.3 is 5.32 Å². The van der Waals surface area contributed by atoms with Crippen LogP contribution in [0, 0.1) is 5.41 Å². The summed E-state index contributed by atoms with van der Waals surface area (Å²) in [5.41, 5.74) is 2.72. The van der Waals surface area contributed by atoms with Gasteiger partial charge in [0.15, 0.2) is 0 Å². The maximum atomic E-state index is 11.9. The van der Waals surface area contributed by atoms with Gasteiger partial charge in [0.25, 0.3) is 0 Å². The predicted octanol–water partition coefficient (Wildman–Crippen LogP) is 1.61. The molecule has 0 unspecified atom stereocenters. The number of aromatic nitrogens is 3. The lowest BCUT2D eigenvalue weighted by Crippen LogP contribution is -2.27. The van der Waals surface area contributed by atoms with Gasteiger partial charge >= 0.3 is 0 Å². The second-order valence-electron chi connectivity index (χ2n) is 5.96. The molecule has 0 radical (unpaired) electrons. The Kier molecular flexibility index (Phi) is 5.69. The quantitative estimate of drug-likeness (QED) is 0.631. The van der Waals surface area contributed by atoms with Crippen molar-refractivity contribution in [2.45, 2.75) is 27.2 Å². The Morgan fingerprint density at radius 3 is 2.62 bits per heavy atom. The van der Waals surface area contributed by atoms with Crippen LogP contribution in [-0.4, -0.2) is 33.2 Å². The molecule has 0 spiro atoms. The minimum absolute atomic E-state index is 0.0384. The van der Waals surface area contributed by atoms with Gasteiger partial charge in [-0.3, -0.25) is 14.6 Å². The fraction of sp³-hybridized carbons (Fsp3) is 0.333. The molecule has 9 heteroatoms. The van der Waals surface area contributed by atoms with Gasteiger partial charge in [0.05, 0.1) is 12.6 Å². The normalized spacial score (nSPS) is 11.5. The zero-order chi connectivity index (χ0) is 17.6. The van der Waals surface area contributed by atoms with E-state index in [-0.39, 0.29) is 18.2 Å². The molecule has 2 rings (SSSR count). The molecule has 0 atom stereocenters. The fourth-order valence-corrected chi connectivity index (χ4v) is 2.20. The first-order chi connectivity index (χ1) is 11.3. The number of anilines is 1. The molecule has 0 aliphatic rings. The number of carbonyl (C=O) groups is 2. The summed E-state index contributed by atoms with van der Waals surface area (Å²) in [4.78, 5) is 27.6. The second kappa shape index (κ2) is 7.73. The molecule has 24 heavy (non-hydrogen) atoms. The molecular formula is C15H18N6O2S. The molecule has 8 nitrogen and oxygen atoms in total. The Balaban J connectivity index is 1.84. The van der Waals surface area contributed by atoms with E-state index in [9.17, 15) is 9.59 Å². The first-order valence-corrected chi connectivity index (χ1v) is 8.02. The highest BCUT2D eigenvalue weighted by Crippen LogP contribution is 2.20. The second-order valence-corrected chi connectivity index (χ2v) is 7.02. The van der Waals surface area contributed by atoms with Gasteiger partial charge in [-0.2, -0.15) is 5.10 Å². The third kappa shape index (κ3) is 5.51. The van der Waals surface area contributed by atoms with E-state index in [1.807, 2.05) is 0 Å². The zero-order valence-electron chi connectivity index (χ0n) is 13.6. The van der Waals surface area contributed by atoms with Crippen molar-refractivity contribution in [2.75, 3.05) is 5.32 Å². The summed E-state index contributed by atoms with van der Waals surface area (Å²) in [7, 11) is 0. The maximum Gasteiger partial charge on any atom is 0.247 e. The van der Waals surface area contributed by atoms with Gasteiger partial charge in [0, 0.05) is 17.8 Å². The lowest BCUT2D eigenvalue weighted by Gasteiger charge is -2.15. The maximum absolute atomic E-state index is 11.9. The van der Waals surface area contributed by atoms with Crippen molar-refractivity contribution in [3.63, 3.8) is 0 Å². The number of hydrogen-bond acceptors (Lipinski definition) is 7. The number of hydrogen-bond donors (Lipinski definition) is 2. The number of pyridine rings is 1. The van der Waals surface area contributed by atoms with Crippen LogP contribution < -0.4 is 10.7 Å². The first-order valence-electron chi connectivity index (χ1n) is 7.20. The van der Waals surface area contributed by atoms with Crippen molar-refractivity contribution in [3.05, 3.63) is 35.1 Å². The molecule has 0 saturated heterocycles. The molecule has 0 aliphatic carbocycles. The van der Waals surface area contributed by atoms with Crippen molar-refractivity contribution in [3.8, 4) is 0 Å². The topological polar surface area (TPSA) is 109 Å². The predicted molar refractivity (Wildman–Crippen MR) is 91.7 cm³/mol. The molecule has 2 aromatic heterocycles. The van der Waals surface area contributed by atoms with Crippen LogP contribution in [0.5, 0.6) is 0 Å². The van der Waals surface area contributed by atoms with E-state index in [1.54, 1.807) is 45.3 Å². The summed E-state index contributed by atoms with van der Waals surface area (Å²) in [5, 5.41) is 15.2. The van der Waals surface area contributed by atoms with Crippen LogP contribution in [0.1, 0.15) is 31.3 Å². The van der Waals surface area contributed by atoms with Crippen molar-refractivity contribution in [1.82, 2.24) is 20.6 Å². The highest BCUT2D eigenvalue weighted by atomic mass is 32.1. The fourth-order valence-electron chi connectivity index (χ4n) is 1.47. The van der Waals surface area contributed by atoms with E-state index < -0.39 is 5.41 Å². The number of hydrazone groups is 1. The lowest BCUT2D eigenvalue weighted by atomic mass is 9.96. The Labute approximate surface area is 143 Å². The summed E-state index contributed by atoms with van der Waals surface area (Å²) >= 11 is 1.16. The zero-order valence-corrected chi connectivity index (χ0v) is 14.4. The van der Waals surface area contributed by atoms with Gasteiger partial charge in [0.1, 0.15) is 5.01 Å². The van der Waals surface area contributed by atoms with Gasteiger partial charge in [-0.05, 0) is 17.7 Å². The van der Waals surface area contributed by atoms with E-state index in [0.717, 1.165) is 16.9 Å². The number of rotatable bonds is 5. The molecule has 2 aromatic rings. The average Bonchev–Trinajstić information content (AvgIpc) is 2.94. The van der Waals surface area contributed by atoms with Crippen molar-refractivity contribution >= 4 is 34.5 Å². The Morgan fingerprint density at radius 2 is 1.96 bits per heavy atom. The molecule has 0 saturated carbocycles. The molecule has 2 amide bonds. The monoisotopic (exact) mass is 346 g/mol. The summed E-state index contributed by atoms with van der Waals surface area (Å²) < 4.78 is 0. The molecule has 2 heterocycles. The Morgan fingerprint density at radius 1 is 1.25 bits per heavy atom. The summed E-state index contributed by atoms with van der Waals surface area (Å²) in [6.45, 7) is 5.41. The molecule has 0 bridgehead atoms. The highest BCUT2D eigenvalue weighted by Gasteiger charge is 2.22. The summed E-state index contributed by atoms with van der Waals surface area (Å²) in [6, 6.07) is 3.54. The van der Waals surface area contributed by atoms with Crippen LogP contribution in [0.2, 0.25) is 0 Å². The van der Waals surface area contributed by atoms with Crippen LogP contribution in [0.15, 0.2) is 29.6 Å². The largest absolute Gasteiger partial charge is 0.300 e. The first kappa shape index (κ1) is 17.7. The number of amides is 2. The van der Waals surface area contributed by atoms with E-state index in [0.29, 0.717) is 10.1 Å². The van der Waals surface area contributed by atoms with Gasteiger partial charge in [-0.15, -0.1) is 10.2 Å². The third-order valence-corrected chi connectivity index (χ3v) is 3.63. The smallest absolute Gasteiger partial charge is 0.247 e. The van der Waals surface area contributed by atoms with Crippen LogP contribution in [0.3, 0.4) is 0 Å². The standard InChI is InChI=1S/C15H18N6O2S/c1-15(2,3)13(23)18-14-21-20-12(24-14)8-11(22)19-17-9-10-4-6-16-7-5-10/h4-7,9H,8H2,1-3H3,(H,19,22)(H,18,21,23)/b17-9-. The number of nitrogens with zero attached hydrogens (tertiary/aromatic N) is 4. The van der Waals surface area contributed by atoms with Crippen LogP contribution >= 0.6 is 11.3 Å². The van der Waals surface area contributed by atoms with Crippen molar-refractivity contribution < 1.29 is 9.59 Å². The minimum atomic E-state index is -0.523. The third-order valence-electron chi connectivity index (χ3n) is 2.79. The molecule has 2 N–H and O–H groups in total. The van der Waals surface area contributed by atoms with Crippen LogP contribution in [-0.2, 0) is 16.0 Å². The Bertz CT molecular complexity index is 736. The molecule has 0 aliphatic heterocycles. The molecule has 0 aromatic carbocycles. The lowest BCUT2D eigenvalue weighted by molar-refractivity contribution is -0.123. The number of nitrogens with one attached hydrogen (secondary N) is 2. The summed E-state index contributed by atoms with van der Waals surface area (Å²) in [6.07, 6.45) is 4.83. The van der Waals surface area contributed by atoms with E-state index in [1.165, 1.54) is 6.21 Å². The van der Waals surface area contributed by atoms with Gasteiger partial charge in [-0.25, -0.2) is 5.43 Å². The van der Waals surface area contributed by atoms with E-state index >= 15 is 0 Å². The molecular weight excluding hydrogens is 328 g/mol.